The summed E-state index contributed by atoms with van der Waals surface area (Å²) in [7, 11) is 0. The maximum absolute atomic E-state index is 13.7. The summed E-state index contributed by atoms with van der Waals surface area (Å²) in [6.45, 7) is 14.8. The monoisotopic (exact) mass is 665 g/mol. The maximum Gasteiger partial charge on any atom is 0.573 e. The molecule has 1 aliphatic heterocycles. The molecule has 0 aliphatic carbocycles. The molecular weight excluding hydrogens is 623 g/mol. The summed E-state index contributed by atoms with van der Waals surface area (Å²) in [5.41, 5.74) is -0.390. The molecule has 15 heteroatoms. The number of hydrogen-bond donors (Lipinski definition) is 0. The lowest BCUT2D eigenvalue weighted by Gasteiger charge is -2.34. The number of halogens is 3. The number of anilines is 1. The molecule has 3 aromatic rings. The van der Waals surface area contributed by atoms with Crippen LogP contribution in [0.4, 0.5) is 28.4 Å². The molecule has 47 heavy (non-hydrogen) atoms. The van der Waals surface area contributed by atoms with Crippen molar-refractivity contribution in [1.82, 2.24) is 19.5 Å². The van der Waals surface area contributed by atoms with E-state index in [2.05, 4.69) is 14.8 Å². The second kappa shape index (κ2) is 13.8. The maximum atomic E-state index is 13.7. The van der Waals surface area contributed by atoms with Crippen molar-refractivity contribution in [3.05, 3.63) is 47.8 Å². The second-order valence-corrected chi connectivity index (χ2v) is 13.4. The van der Waals surface area contributed by atoms with Crippen LogP contribution < -0.4 is 14.4 Å². The van der Waals surface area contributed by atoms with Crippen molar-refractivity contribution in [2.45, 2.75) is 91.5 Å². The minimum absolute atomic E-state index is 0.00233. The fraction of sp³-hybridized carbons (Fsp3) is 0.562. The Hall–Kier alpha value is -4.27. The van der Waals surface area contributed by atoms with Crippen LogP contribution in [0.25, 0.3) is 5.65 Å². The number of aromatic nitrogens is 3. The molecule has 1 aromatic carbocycles. The highest BCUT2D eigenvalue weighted by Crippen LogP contribution is 2.33. The normalized spacial score (nSPS) is 15.9. The fourth-order valence-electron chi connectivity index (χ4n) is 4.70. The van der Waals surface area contributed by atoms with Gasteiger partial charge in [0.2, 0.25) is 5.88 Å². The molecule has 0 N–H and O–H groups in total. The number of alkyl halides is 3. The lowest BCUT2D eigenvalue weighted by molar-refractivity contribution is -0.274. The van der Waals surface area contributed by atoms with Crippen LogP contribution in [0.1, 0.15) is 72.6 Å². The van der Waals surface area contributed by atoms with Gasteiger partial charge >= 0.3 is 18.5 Å². The number of carbonyl (C=O) groups is 2. The van der Waals surface area contributed by atoms with Crippen molar-refractivity contribution in [2.75, 3.05) is 31.2 Å². The molecule has 0 spiro atoms. The molecule has 0 radical (unpaired) electrons. The Balaban J connectivity index is 1.71. The minimum atomic E-state index is -4.95. The summed E-state index contributed by atoms with van der Waals surface area (Å²) in [5, 5.41) is 4.61. The number of benzene rings is 1. The molecular formula is C32H42F3N5O7. The number of morpholine rings is 1. The Morgan fingerprint density at radius 2 is 1.74 bits per heavy atom. The molecule has 1 atom stereocenters. The van der Waals surface area contributed by atoms with Crippen molar-refractivity contribution < 1.29 is 46.4 Å². The van der Waals surface area contributed by atoms with E-state index < -0.39 is 41.6 Å². The van der Waals surface area contributed by atoms with Gasteiger partial charge in [0.25, 0.3) is 0 Å². The standard InChI is InChI=1S/C32H42F3N5O7/c1-20(2)24-16-36-27-23(39(29(42)47-31(6,7)8)17-21-11-9-10-12-25(21)45-32(33,34)35)15-26(37-40(24)27)44-19-22-18-38(13-14-43-22)28(41)46-30(3,4)5/h9-12,15-16,20,22H,13-14,17-19H2,1-8H3/t22-/m0/s1. The van der Waals surface area contributed by atoms with E-state index in [1.165, 1.54) is 33.7 Å². The summed E-state index contributed by atoms with van der Waals surface area (Å²) in [4.78, 5) is 33.6. The number of fused-ring (bicyclic) bond motifs is 1. The Labute approximate surface area is 271 Å². The Bertz CT molecular complexity index is 1560. The van der Waals surface area contributed by atoms with Crippen molar-refractivity contribution in [3.8, 4) is 11.6 Å². The van der Waals surface area contributed by atoms with Crippen LogP contribution in [0.2, 0.25) is 0 Å². The van der Waals surface area contributed by atoms with Gasteiger partial charge in [-0.3, -0.25) is 4.90 Å². The number of ether oxygens (including phenoxy) is 5. The molecule has 2 aromatic heterocycles. The van der Waals surface area contributed by atoms with Gasteiger partial charge in [0.1, 0.15) is 29.7 Å². The minimum Gasteiger partial charge on any atom is -0.474 e. The summed E-state index contributed by atoms with van der Waals surface area (Å²) in [6, 6.07) is 7.01. The summed E-state index contributed by atoms with van der Waals surface area (Å²) < 4.78 is 68.7. The number of carbonyl (C=O) groups excluding carboxylic acids is 2. The Morgan fingerprint density at radius 3 is 2.38 bits per heavy atom. The highest BCUT2D eigenvalue weighted by Gasteiger charge is 2.34. The van der Waals surface area contributed by atoms with Crippen LogP contribution in [-0.4, -0.2) is 81.7 Å². The van der Waals surface area contributed by atoms with Gasteiger partial charge in [-0.2, -0.15) is 0 Å². The van der Waals surface area contributed by atoms with Gasteiger partial charge in [-0.15, -0.1) is 18.3 Å². The van der Waals surface area contributed by atoms with E-state index in [1.807, 2.05) is 13.8 Å². The zero-order valence-corrected chi connectivity index (χ0v) is 27.9. The molecule has 258 valence electrons. The van der Waals surface area contributed by atoms with Crippen molar-refractivity contribution in [2.24, 2.45) is 0 Å². The summed E-state index contributed by atoms with van der Waals surface area (Å²) >= 11 is 0. The number of rotatable bonds is 8. The van der Waals surface area contributed by atoms with Gasteiger partial charge in [-0.25, -0.2) is 19.1 Å². The van der Waals surface area contributed by atoms with Gasteiger partial charge in [0, 0.05) is 18.2 Å². The molecule has 0 unspecified atom stereocenters. The smallest absolute Gasteiger partial charge is 0.474 e. The first kappa shape index (κ1) is 35.6. The Kier molecular flexibility index (Phi) is 10.5. The molecule has 12 nitrogen and oxygen atoms in total. The van der Waals surface area contributed by atoms with E-state index in [0.29, 0.717) is 12.2 Å². The van der Waals surface area contributed by atoms with Crippen LogP contribution in [0.5, 0.6) is 11.6 Å². The third-order valence-corrected chi connectivity index (χ3v) is 6.68. The summed E-state index contributed by atoms with van der Waals surface area (Å²) in [6.07, 6.45) is -5.16. The number of nitrogens with zero attached hydrogens (tertiary/aromatic N) is 5. The van der Waals surface area contributed by atoms with E-state index >= 15 is 0 Å². The van der Waals surface area contributed by atoms with Crippen LogP contribution in [0.15, 0.2) is 36.5 Å². The van der Waals surface area contributed by atoms with Gasteiger partial charge in [0.05, 0.1) is 37.3 Å². The van der Waals surface area contributed by atoms with Gasteiger partial charge < -0.3 is 28.6 Å². The third kappa shape index (κ3) is 9.86. The zero-order valence-electron chi connectivity index (χ0n) is 27.9. The topological polar surface area (TPSA) is 117 Å². The lowest BCUT2D eigenvalue weighted by Crippen LogP contribution is -2.49. The average Bonchev–Trinajstić information content (AvgIpc) is 3.37. The number of para-hydroxylation sites is 1. The Morgan fingerprint density at radius 1 is 1.06 bits per heavy atom. The van der Waals surface area contributed by atoms with Gasteiger partial charge in [-0.1, -0.05) is 32.0 Å². The predicted molar refractivity (Wildman–Crippen MR) is 166 cm³/mol. The van der Waals surface area contributed by atoms with Crippen LogP contribution in [0, 0.1) is 0 Å². The fourth-order valence-corrected chi connectivity index (χ4v) is 4.70. The van der Waals surface area contributed by atoms with Crippen LogP contribution >= 0.6 is 0 Å². The second-order valence-electron chi connectivity index (χ2n) is 13.4. The molecule has 2 amide bonds. The molecule has 0 bridgehead atoms. The van der Waals surface area contributed by atoms with Crippen molar-refractivity contribution >= 4 is 23.5 Å². The van der Waals surface area contributed by atoms with Crippen molar-refractivity contribution in [1.29, 1.82) is 0 Å². The molecule has 1 fully saturated rings. The van der Waals surface area contributed by atoms with E-state index in [1.54, 1.807) is 58.7 Å². The molecule has 3 heterocycles. The van der Waals surface area contributed by atoms with E-state index in [4.69, 9.17) is 18.9 Å². The lowest BCUT2D eigenvalue weighted by atomic mass is 10.1. The first-order valence-corrected chi connectivity index (χ1v) is 15.2. The first-order valence-electron chi connectivity index (χ1n) is 15.2. The highest BCUT2D eigenvalue weighted by atomic mass is 19.4. The quantitative estimate of drug-likeness (QED) is 0.259. The molecule has 1 saturated heterocycles. The average molecular weight is 666 g/mol. The van der Waals surface area contributed by atoms with E-state index in [9.17, 15) is 22.8 Å². The molecule has 4 rings (SSSR count). The predicted octanol–water partition coefficient (Wildman–Crippen LogP) is 6.71. The number of imidazole rings is 1. The molecule has 0 saturated carbocycles. The first-order chi connectivity index (χ1) is 21.8. The third-order valence-electron chi connectivity index (χ3n) is 6.68. The van der Waals surface area contributed by atoms with Crippen molar-refractivity contribution in [3.63, 3.8) is 0 Å². The van der Waals surface area contributed by atoms with Crippen LogP contribution in [-0.2, 0) is 20.8 Å². The van der Waals surface area contributed by atoms with E-state index in [-0.39, 0.29) is 55.0 Å². The molecule has 1 aliphatic rings. The highest BCUT2D eigenvalue weighted by molar-refractivity contribution is 5.92. The number of amides is 2. The summed E-state index contributed by atoms with van der Waals surface area (Å²) in [5.74, 6) is -0.426. The zero-order chi connectivity index (χ0) is 34.7. The number of hydrogen-bond acceptors (Lipinski definition) is 9. The van der Waals surface area contributed by atoms with Gasteiger partial charge in [0.15, 0.2) is 5.65 Å². The van der Waals surface area contributed by atoms with Gasteiger partial charge in [-0.05, 0) is 53.5 Å². The van der Waals surface area contributed by atoms with E-state index in [0.717, 1.165) is 0 Å². The van der Waals surface area contributed by atoms with Crippen LogP contribution in [0.3, 0.4) is 0 Å². The SMILES string of the molecule is CC(C)c1cnc2c(N(Cc3ccccc3OC(F)(F)F)C(=O)OC(C)(C)C)cc(OC[C@@H]3CN(C(=O)OC(C)(C)C)CCO3)nn12. The largest absolute Gasteiger partial charge is 0.573 e.